The first-order chi connectivity index (χ1) is 8.67. The standard InChI is InChI=1S/C15H31N3/c1-3-15(16,4-2)13-17-9-11-18(12-10-17)14-7-5-6-8-14/h14H,3-13,16H2,1-2H3. The van der Waals surface area contributed by atoms with Crippen LogP contribution in [0.1, 0.15) is 52.4 Å². The molecule has 106 valence electrons. The summed E-state index contributed by atoms with van der Waals surface area (Å²) in [5, 5.41) is 0. The fraction of sp³-hybridized carbons (Fsp3) is 1.00. The SMILES string of the molecule is CCC(N)(CC)CN1CCN(C2CCCC2)CC1. The second-order valence-corrected chi connectivity index (χ2v) is 6.32. The Hall–Kier alpha value is -0.120. The third-order valence-corrected chi connectivity index (χ3v) is 5.19. The molecule has 0 aromatic heterocycles. The zero-order chi connectivity index (χ0) is 13.0. The molecule has 18 heavy (non-hydrogen) atoms. The van der Waals surface area contributed by atoms with Gasteiger partial charge in [0.2, 0.25) is 0 Å². The highest BCUT2D eigenvalue weighted by molar-refractivity contribution is 4.88. The van der Waals surface area contributed by atoms with E-state index in [4.69, 9.17) is 5.73 Å². The van der Waals surface area contributed by atoms with Gasteiger partial charge in [0.05, 0.1) is 0 Å². The summed E-state index contributed by atoms with van der Waals surface area (Å²) in [6.45, 7) is 10.5. The Balaban J connectivity index is 1.76. The van der Waals surface area contributed by atoms with Crippen molar-refractivity contribution in [1.29, 1.82) is 0 Å². The molecule has 3 heteroatoms. The van der Waals surface area contributed by atoms with Gasteiger partial charge in [-0.1, -0.05) is 26.7 Å². The van der Waals surface area contributed by atoms with Gasteiger partial charge >= 0.3 is 0 Å². The quantitative estimate of drug-likeness (QED) is 0.814. The molecule has 1 aliphatic carbocycles. The van der Waals surface area contributed by atoms with Crippen molar-refractivity contribution in [1.82, 2.24) is 9.80 Å². The zero-order valence-corrected chi connectivity index (χ0v) is 12.3. The fourth-order valence-electron chi connectivity index (χ4n) is 3.47. The van der Waals surface area contributed by atoms with Gasteiger partial charge in [0.15, 0.2) is 0 Å². The van der Waals surface area contributed by atoms with E-state index in [0.717, 1.165) is 25.4 Å². The van der Waals surface area contributed by atoms with Gasteiger partial charge < -0.3 is 5.73 Å². The molecule has 0 bridgehead atoms. The molecule has 0 spiro atoms. The molecule has 2 N–H and O–H groups in total. The van der Waals surface area contributed by atoms with Crippen molar-refractivity contribution in [2.45, 2.75) is 64.0 Å². The molecule has 2 rings (SSSR count). The van der Waals surface area contributed by atoms with Crippen LogP contribution in [0.15, 0.2) is 0 Å². The van der Waals surface area contributed by atoms with Crippen LogP contribution in [0.4, 0.5) is 0 Å². The van der Waals surface area contributed by atoms with E-state index in [1.807, 2.05) is 0 Å². The Morgan fingerprint density at radius 1 is 1.00 bits per heavy atom. The maximum Gasteiger partial charge on any atom is 0.0278 e. The highest BCUT2D eigenvalue weighted by atomic mass is 15.3. The lowest BCUT2D eigenvalue weighted by molar-refractivity contribution is 0.0808. The summed E-state index contributed by atoms with van der Waals surface area (Å²) in [6, 6.07) is 0.895. The van der Waals surface area contributed by atoms with E-state index in [1.54, 1.807) is 0 Å². The molecule has 0 amide bonds. The molecule has 0 aromatic rings. The average Bonchev–Trinajstić information content (AvgIpc) is 2.93. The molecule has 0 unspecified atom stereocenters. The van der Waals surface area contributed by atoms with Crippen LogP contribution in [0.5, 0.6) is 0 Å². The molecule has 0 radical (unpaired) electrons. The summed E-state index contributed by atoms with van der Waals surface area (Å²) in [5.41, 5.74) is 6.47. The second kappa shape index (κ2) is 6.36. The van der Waals surface area contributed by atoms with Crippen molar-refractivity contribution in [3.8, 4) is 0 Å². The van der Waals surface area contributed by atoms with Crippen molar-refractivity contribution in [3.05, 3.63) is 0 Å². The van der Waals surface area contributed by atoms with E-state index >= 15 is 0 Å². The van der Waals surface area contributed by atoms with Crippen LogP contribution in [-0.2, 0) is 0 Å². The highest BCUT2D eigenvalue weighted by Crippen LogP contribution is 2.24. The van der Waals surface area contributed by atoms with Gasteiger partial charge in [-0.05, 0) is 25.7 Å². The maximum atomic E-state index is 6.43. The Bertz CT molecular complexity index is 236. The van der Waals surface area contributed by atoms with Gasteiger partial charge in [0, 0.05) is 44.3 Å². The Morgan fingerprint density at radius 3 is 2.06 bits per heavy atom. The Kier molecular flexibility index (Phi) is 5.05. The van der Waals surface area contributed by atoms with E-state index in [0.29, 0.717) is 0 Å². The van der Waals surface area contributed by atoms with Gasteiger partial charge in [-0.3, -0.25) is 9.80 Å². The third kappa shape index (κ3) is 3.46. The van der Waals surface area contributed by atoms with Crippen molar-refractivity contribution in [3.63, 3.8) is 0 Å². The Morgan fingerprint density at radius 2 is 1.56 bits per heavy atom. The van der Waals surface area contributed by atoms with Crippen molar-refractivity contribution in [2.24, 2.45) is 5.73 Å². The van der Waals surface area contributed by atoms with E-state index in [2.05, 4.69) is 23.6 Å². The molecule has 1 heterocycles. The smallest absolute Gasteiger partial charge is 0.0278 e. The molecule has 1 aliphatic heterocycles. The number of nitrogens with zero attached hydrogens (tertiary/aromatic N) is 2. The van der Waals surface area contributed by atoms with Crippen molar-refractivity contribution >= 4 is 0 Å². The molecular weight excluding hydrogens is 222 g/mol. The van der Waals surface area contributed by atoms with Crippen LogP contribution >= 0.6 is 0 Å². The first-order valence-electron chi connectivity index (χ1n) is 7.92. The number of rotatable bonds is 5. The van der Waals surface area contributed by atoms with E-state index < -0.39 is 0 Å². The predicted molar refractivity (Wildman–Crippen MR) is 77.8 cm³/mol. The molecule has 0 atom stereocenters. The second-order valence-electron chi connectivity index (χ2n) is 6.32. The summed E-state index contributed by atoms with van der Waals surface area (Å²) in [4.78, 5) is 5.30. The van der Waals surface area contributed by atoms with Crippen LogP contribution in [0, 0.1) is 0 Å². The maximum absolute atomic E-state index is 6.43. The van der Waals surface area contributed by atoms with Crippen LogP contribution in [0.3, 0.4) is 0 Å². The molecule has 0 aromatic carbocycles. The first kappa shape index (κ1) is 14.3. The number of hydrogen-bond acceptors (Lipinski definition) is 3. The highest BCUT2D eigenvalue weighted by Gasteiger charge is 2.29. The fourth-order valence-corrected chi connectivity index (χ4v) is 3.47. The molecule has 2 aliphatic rings. The minimum absolute atomic E-state index is 0.0372. The van der Waals surface area contributed by atoms with Gasteiger partial charge in [-0.2, -0.15) is 0 Å². The van der Waals surface area contributed by atoms with Gasteiger partial charge in [0.1, 0.15) is 0 Å². The number of piperazine rings is 1. The number of hydrogen-bond donors (Lipinski definition) is 1. The summed E-state index contributed by atoms with van der Waals surface area (Å²) < 4.78 is 0. The zero-order valence-electron chi connectivity index (χ0n) is 12.3. The summed E-state index contributed by atoms with van der Waals surface area (Å²) in [5.74, 6) is 0. The van der Waals surface area contributed by atoms with Crippen LogP contribution in [0.25, 0.3) is 0 Å². The Labute approximate surface area is 113 Å². The van der Waals surface area contributed by atoms with Crippen LogP contribution in [0.2, 0.25) is 0 Å². The number of nitrogens with two attached hydrogens (primary N) is 1. The van der Waals surface area contributed by atoms with Gasteiger partial charge in [-0.25, -0.2) is 0 Å². The third-order valence-electron chi connectivity index (χ3n) is 5.19. The molecule has 1 saturated heterocycles. The lowest BCUT2D eigenvalue weighted by Crippen LogP contribution is -2.56. The topological polar surface area (TPSA) is 32.5 Å². The minimum atomic E-state index is 0.0372. The van der Waals surface area contributed by atoms with Gasteiger partial charge in [-0.15, -0.1) is 0 Å². The lowest BCUT2D eigenvalue weighted by Gasteiger charge is -2.41. The average molecular weight is 253 g/mol. The summed E-state index contributed by atoms with van der Waals surface area (Å²) in [7, 11) is 0. The van der Waals surface area contributed by atoms with Gasteiger partial charge in [0.25, 0.3) is 0 Å². The largest absolute Gasteiger partial charge is 0.324 e. The molecular formula is C15H31N3. The van der Waals surface area contributed by atoms with E-state index in [-0.39, 0.29) is 5.54 Å². The summed E-state index contributed by atoms with van der Waals surface area (Å²) in [6.07, 6.45) is 7.94. The normalized spacial score (nSPS) is 24.8. The minimum Gasteiger partial charge on any atom is -0.324 e. The van der Waals surface area contributed by atoms with Crippen LogP contribution < -0.4 is 5.73 Å². The van der Waals surface area contributed by atoms with E-state index in [9.17, 15) is 0 Å². The monoisotopic (exact) mass is 253 g/mol. The molecule has 2 fully saturated rings. The summed E-state index contributed by atoms with van der Waals surface area (Å²) >= 11 is 0. The molecule has 3 nitrogen and oxygen atoms in total. The lowest BCUT2D eigenvalue weighted by atomic mass is 9.93. The first-order valence-corrected chi connectivity index (χ1v) is 7.92. The predicted octanol–water partition coefficient (Wildman–Crippen LogP) is 2.06. The van der Waals surface area contributed by atoms with Crippen LogP contribution in [-0.4, -0.2) is 54.1 Å². The molecule has 1 saturated carbocycles. The van der Waals surface area contributed by atoms with Crippen molar-refractivity contribution in [2.75, 3.05) is 32.7 Å². The van der Waals surface area contributed by atoms with Crippen molar-refractivity contribution < 1.29 is 0 Å². The van der Waals surface area contributed by atoms with E-state index in [1.165, 1.54) is 51.9 Å².